The van der Waals surface area contributed by atoms with Gasteiger partial charge in [-0.3, -0.25) is 9.78 Å². The molecule has 0 unspecified atom stereocenters. The zero-order valence-electron chi connectivity index (χ0n) is 19.5. The monoisotopic (exact) mass is 513 g/mol. The van der Waals surface area contributed by atoms with Crippen LogP contribution in [0.25, 0.3) is 16.6 Å². The molecule has 0 bridgehead atoms. The summed E-state index contributed by atoms with van der Waals surface area (Å²) >= 11 is 3.57. The van der Waals surface area contributed by atoms with Crippen molar-refractivity contribution in [3.63, 3.8) is 0 Å². The van der Waals surface area contributed by atoms with Gasteiger partial charge in [-0.25, -0.2) is 4.52 Å². The molecule has 0 aromatic carbocycles. The summed E-state index contributed by atoms with van der Waals surface area (Å²) in [5, 5.41) is 5.03. The fourth-order valence-electron chi connectivity index (χ4n) is 4.67. The third kappa shape index (κ3) is 5.64. The number of rotatable bonds is 9. The van der Waals surface area contributed by atoms with E-state index in [0.717, 1.165) is 57.3 Å². The zero-order valence-corrected chi connectivity index (χ0v) is 21.1. The van der Waals surface area contributed by atoms with Gasteiger partial charge < -0.3 is 9.47 Å². The maximum absolute atomic E-state index is 12.2. The summed E-state index contributed by atoms with van der Waals surface area (Å²) in [5.74, 6) is -0.195. The van der Waals surface area contributed by atoms with E-state index in [9.17, 15) is 4.79 Å². The van der Waals surface area contributed by atoms with Crippen LogP contribution < -0.4 is 0 Å². The number of nitrogens with zero attached hydrogens (tertiary/aromatic N) is 3. The van der Waals surface area contributed by atoms with Crippen LogP contribution in [0.4, 0.5) is 0 Å². The predicted molar refractivity (Wildman–Crippen MR) is 132 cm³/mol. The highest BCUT2D eigenvalue weighted by Crippen LogP contribution is 2.34. The summed E-state index contributed by atoms with van der Waals surface area (Å²) in [6, 6.07) is 6.31. The van der Waals surface area contributed by atoms with E-state index in [1.54, 1.807) is 6.20 Å². The van der Waals surface area contributed by atoms with E-state index >= 15 is 0 Å². The molecule has 0 aliphatic heterocycles. The van der Waals surface area contributed by atoms with Gasteiger partial charge in [-0.2, -0.15) is 5.10 Å². The van der Waals surface area contributed by atoms with Crippen molar-refractivity contribution in [1.29, 1.82) is 0 Å². The summed E-state index contributed by atoms with van der Waals surface area (Å²) in [6.45, 7) is 4.79. The highest BCUT2D eigenvalue weighted by Gasteiger charge is 2.22. The van der Waals surface area contributed by atoms with E-state index in [1.165, 1.54) is 19.3 Å². The van der Waals surface area contributed by atoms with Gasteiger partial charge in [0.05, 0.1) is 30.5 Å². The van der Waals surface area contributed by atoms with E-state index in [2.05, 4.69) is 46.0 Å². The van der Waals surface area contributed by atoms with Crippen molar-refractivity contribution in [2.24, 2.45) is 0 Å². The van der Waals surface area contributed by atoms with E-state index in [0.29, 0.717) is 26.1 Å². The smallest absolute Gasteiger partial charge is 0.306 e. The Labute approximate surface area is 203 Å². The molecule has 33 heavy (non-hydrogen) atoms. The minimum Gasteiger partial charge on any atom is -0.466 e. The van der Waals surface area contributed by atoms with Gasteiger partial charge in [0.25, 0.3) is 0 Å². The van der Waals surface area contributed by atoms with Gasteiger partial charge in [-0.15, -0.1) is 0 Å². The Morgan fingerprint density at radius 2 is 2.00 bits per heavy atom. The number of hydrogen-bond acceptors (Lipinski definition) is 5. The first-order chi connectivity index (χ1) is 16.1. The van der Waals surface area contributed by atoms with Crippen LogP contribution in [0.2, 0.25) is 0 Å². The van der Waals surface area contributed by atoms with E-state index in [4.69, 9.17) is 14.6 Å². The molecule has 4 rings (SSSR count). The lowest BCUT2D eigenvalue weighted by Gasteiger charge is -2.23. The third-order valence-corrected chi connectivity index (χ3v) is 6.74. The van der Waals surface area contributed by atoms with Crippen molar-refractivity contribution in [2.45, 2.75) is 77.9 Å². The molecule has 1 saturated carbocycles. The van der Waals surface area contributed by atoms with Crippen LogP contribution >= 0.6 is 15.9 Å². The summed E-state index contributed by atoms with van der Waals surface area (Å²) < 4.78 is 14.5. The van der Waals surface area contributed by atoms with Gasteiger partial charge in [0.15, 0.2) is 0 Å². The summed E-state index contributed by atoms with van der Waals surface area (Å²) in [7, 11) is 0. The topological polar surface area (TPSA) is 65.7 Å². The Kier molecular flexibility index (Phi) is 8.15. The van der Waals surface area contributed by atoms with Crippen LogP contribution in [-0.4, -0.2) is 33.3 Å². The van der Waals surface area contributed by atoms with Crippen LogP contribution in [-0.2, 0) is 33.7 Å². The van der Waals surface area contributed by atoms with E-state index in [-0.39, 0.29) is 12.1 Å². The lowest BCUT2D eigenvalue weighted by molar-refractivity contribution is -0.143. The van der Waals surface area contributed by atoms with Crippen molar-refractivity contribution in [2.75, 3.05) is 6.61 Å². The number of hydrogen-bond donors (Lipinski definition) is 0. The quantitative estimate of drug-likeness (QED) is 0.325. The Balaban J connectivity index is 1.81. The molecule has 7 heteroatoms. The molecule has 3 aromatic heterocycles. The van der Waals surface area contributed by atoms with Gasteiger partial charge in [0.1, 0.15) is 0 Å². The molecule has 0 amide bonds. The van der Waals surface area contributed by atoms with Crippen LogP contribution in [0.5, 0.6) is 0 Å². The molecule has 0 atom stereocenters. The number of pyridine rings is 1. The minimum absolute atomic E-state index is 0.195. The molecule has 3 aromatic rings. The molecule has 1 fully saturated rings. The van der Waals surface area contributed by atoms with Crippen LogP contribution in [0.1, 0.15) is 69.3 Å². The van der Waals surface area contributed by atoms with Crippen molar-refractivity contribution in [3.05, 3.63) is 52.0 Å². The SMILES string of the molecule is CCOC(=O)CCc1c(COC2CCCCC2)nn2c(CC)ccc2c1-c1cncc(Br)c1. The zero-order chi connectivity index (χ0) is 23.2. The standard InChI is InChI=1S/C26H32BrN3O3/c1-3-20-10-12-24-26(18-14-19(27)16-28-15-18)22(11-13-25(31)32-4-2)23(29-30(20)24)17-33-21-8-6-5-7-9-21/h10,12,14-16,21H,3-9,11,13,17H2,1-2H3. The van der Waals surface area contributed by atoms with Gasteiger partial charge in [-0.05, 0) is 72.3 Å². The Hall–Kier alpha value is -2.25. The number of carbonyl (C=O) groups excluding carboxylic acids is 1. The third-order valence-electron chi connectivity index (χ3n) is 6.31. The number of halogens is 1. The van der Waals surface area contributed by atoms with Gasteiger partial charge in [0.2, 0.25) is 0 Å². The van der Waals surface area contributed by atoms with E-state index in [1.807, 2.05) is 17.6 Å². The molecule has 0 N–H and O–H groups in total. The predicted octanol–water partition coefficient (Wildman–Crippen LogP) is 6.07. The van der Waals surface area contributed by atoms with Gasteiger partial charge >= 0.3 is 5.97 Å². The molecule has 0 saturated heterocycles. The highest BCUT2D eigenvalue weighted by atomic mass is 79.9. The van der Waals surface area contributed by atoms with Crippen molar-refractivity contribution >= 4 is 27.4 Å². The van der Waals surface area contributed by atoms with Gasteiger partial charge in [0, 0.05) is 40.1 Å². The normalized spacial score (nSPS) is 14.6. The molecule has 3 heterocycles. The number of ether oxygens (including phenoxy) is 2. The first kappa shape index (κ1) is 23.9. The first-order valence-electron chi connectivity index (χ1n) is 12.0. The molecule has 6 nitrogen and oxygen atoms in total. The number of aromatic nitrogens is 3. The number of carbonyl (C=O) groups is 1. The first-order valence-corrected chi connectivity index (χ1v) is 12.8. The van der Waals surface area contributed by atoms with Crippen molar-refractivity contribution in [1.82, 2.24) is 14.6 Å². The van der Waals surface area contributed by atoms with Gasteiger partial charge in [-0.1, -0.05) is 26.2 Å². The second-order valence-corrected chi connectivity index (χ2v) is 9.46. The second kappa shape index (κ2) is 11.3. The Bertz CT molecular complexity index is 1110. The number of esters is 1. The van der Waals surface area contributed by atoms with Crippen molar-refractivity contribution < 1.29 is 14.3 Å². The lowest BCUT2D eigenvalue weighted by Crippen LogP contribution is -2.19. The fraction of sp³-hybridized carbons (Fsp3) is 0.500. The molecule has 0 radical (unpaired) electrons. The summed E-state index contributed by atoms with van der Waals surface area (Å²) in [6.07, 6.45) is 11.6. The van der Waals surface area contributed by atoms with Crippen LogP contribution in [0.3, 0.4) is 0 Å². The average Bonchev–Trinajstić information content (AvgIpc) is 3.24. The van der Waals surface area contributed by atoms with Crippen LogP contribution in [0.15, 0.2) is 35.1 Å². The molecule has 1 aliphatic rings. The van der Waals surface area contributed by atoms with Crippen LogP contribution in [0, 0.1) is 0 Å². The maximum atomic E-state index is 12.2. The Morgan fingerprint density at radius 3 is 2.73 bits per heavy atom. The molecule has 0 spiro atoms. The average molecular weight is 514 g/mol. The second-order valence-electron chi connectivity index (χ2n) is 8.54. The van der Waals surface area contributed by atoms with Crippen molar-refractivity contribution in [3.8, 4) is 11.1 Å². The molecule has 1 aliphatic carbocycles. The molecular weight excluding hydrogens is 482 g/mol. The molecular formula is C26H32BrN3O3. The minimum atomic E-state index is -0.195. The number of aryl methyl sites for hydroxylation is 1. The lowest BCUT2D eigenvalue weighted by atomic mass is 9.95. The summed E-state index contributed by atoms with van der Waals surface area (Å²) in [4.78, 5) is 16.7. The number of fused-ring (bicyclic) bond motifs is 1. The Morgan fingerprint density at radius 1 is 1.18 bits per heavy atom. The highest BCUT2D eigenvalue weighted by molar-refractivity contribution is 9.10. The molecule has 176 valence electrons. The maximum Gasteiger partial charge on any atom is 0.306 e. The summed E-state index contributed by atoms with van der Waals surface area (Å²) in [5.41, 5.74) is 6.14. The fourth-order valence-corrected chi connectivity index (χ4v) is 5.04. The van der Waals surface area contributed by atoms with E-state index < -0.39 is 0 Å². The largest absolute Gasteiger partial charge is 0.466 e.